The van der Waals surface area contributed by atoms with Crippen LogP contribution >= 0.6 is 0 Å². The average Bonchev–Trinajstić information content (AvgIpc) is 2.14. The largest absolute Gasteiger partial charge is 0.346 e. The molecule has 1 atom stereocenters. The van der Waals surface area contributed by atoms with E-state index in [2.05, 4.69) is 6.92 Å². The summed E-state index contributed by atoms with van der Waals surface area (Å²) in [4.78, 5) is 13.3. The number of rotatable bonds is 7. The van der Waals surface area contributed by atoms with Crippen molar-refractivity contribution in [1.82, 2.24) is 4.90 Å². The van der Waals surface area contributed by atoms with E-state index in [1.807, 2.05) is 18.9 Å². The summed E-state index contributed by atoms with van der Waals surface area (Å²) in [6.07, 6.45) is 4.88. The van der Waals surface area contributed by atoms with Crippen molar-refractivity contribution in [2.75, 3.05) is 13.6 Å². The van der Waals surface area contributed by atoms with Crippen LogP contribution in [0.15, 0.2) is 0 Å². The van der Waals surface area contributed by atoms with E-state index in [-0.39, 0.29) is 11.9 Å². The minimum atomic E-state index is 0.128. The van der Waals surface area contributed by atoms with Crippen molar-refractivity contribution in [1.29, 1.82) is 0 Å². The van der Waals surface area contributed by atoms with E-state index in [0.717, 1.165) is 19.4 Å². The fourth-order valence-corrected chi connectivity index (χ4v) is 1.27. The zero-order valence-electron chi connectivity index (χ0n) is 9.75. The third kappa shape index (κ3) is 6.89. The standard InChI is InChI=1S/C11H24N2O/c1-4-5-6-9-13(3)11(14)8-7-10(2)12/h10H,4-9,12H2,1-3H3. The van der Waals surface area contributed by atoms with Gasteiger partial charge in [0.1, 0.15) is 0 Å². The number of carbonyl (C=O) groups excluding carboxylic acids is 1. The molecule has 0 saturated carbocycles. The van der Waals surface area contributed by atoms with Crippen molar-refractivity contribution in [2.45, 2.75) is 52.0 Å². The van der Waals surface area contributed by atoms with Crippen molar-refractivity contribution in [2.24, 2.45) is 5.73 Å². The van der Waals surface area contributed by atoms with Gasteiger partial charge in [0, 0.05) is 26.1 Å². The molecule has 0 radical (unpaired) electrons. The Morgan fingerprint density at radius 3 is 2.57 bits per heavy atom. The van der Waals surface area contributed by atoms with Crippen LogP contribution in [0, 0.1) is 0 Å². The first-order valence-electron chi connectivity index (χ1n) is 5.57. The quantitative estimate of drug-likeness (QED) is 0.637. The van der Waals surface area contributed by atoms with Crippen LogP contribution in [0.25, 0.3) is 0 Å². The molecule has 0 spiro atoms. The van der Waals surface area contributed by atoms with Crippen molar-refractivity contribution < 1.29 is 4.79 Å². The molecule has 3 heteroatoms. The minimum Gasteiger partial charge on any atom is -0.346 e. The number of hydrogen-bond donors (Lipinski definition) is 1. The summed E-state index contributed by atoms with van der Waals surface area (Å²) in [5.74, 6) is 0.221. The van der Waals surface area contributed by atoms with Gasteiger partial charge in [-0.1, -0.05) is 19.8 Å². The summed E-state index contributed by atoms with van der Waals surface area (Å²) in [7, 11) is 1.87. The molecule has 0 rings (SSSR count). The molecule has 0 aromatic rings. The highest BCUT2D eigenvalue weighted by Gasteiger charge is 2.08. The fraction of sp³-hybridized carbons (Fsp3) is 0.909. The summed E-state index contributed by atoms with van der Waals surface area (Å²) in [5, 5.41) is 0. The first-order chi connectivity index (χ1) is 6.57. The molecule has 0 heterocycles. The molecule has 0 aromatic carbocycles. The Bertz CT molecular complexity index is 157. The number of carbonyl (C=O) groups is 1. The first kappa shape index (κ1) is 13.4. The van der Waals surface area contributed by atoms with Crippen LogP contribution in [0.1, 0.15) is 46.0 Å². The third-order valence-corrected chi connectivity index (χ3v) is 2.34. The molecule has 2 N–H and O–H groups in total. The van der Waals surface area contributed by atoms with Crippen LogP contribution in [0.3, 0.4) is 0 Å². The van der Waals surface area contributed by atoms with E-state index >= 15 is 0 Å². The second kappa shape index (κ2) is 7.80. The summed E-state index contributed by atoms with van der Waals surface area (Å²) < 4.78 is 0. The molecule has 3 nitrogen and oxygen atoms in total. The normalized spacial score (nSPS) is 12.6. The van der Waals surface area contributed by atoms with Crippen LogP contribution in [0.5, 0.6) is 0 Å². The maximum Gasteiger partial charge on any atom is 0.222 e. The Kier molecular flexibility index (Phi) is 7.48. The zero-order chi connectivity index (χ0) is 11.0. The summed E-state index contributed by atoms with van der Waals surface area (Å²) in [6.45, 7) is 4.98. The van der Waals surface area contributed by atoms with Crippen LogP contribution < -0.4 is 5.73 Å². The minimum absolute atomic E-state index is 0.128. The summed E-state index contributed by atoms with van der Waals surface area (Å²) >= 11 is 0. The highest BCUT2D eigenvalue weighted by Crippen LogP contribution is 2.01. The zero-order valence-corrected chi connectivity index (χ0v) is 9.75. The van der Waals surface area contributed by atoms with Gasteiger partial charge in [-0.3, -0.25) is 4.79 Å². The van der Waals surface area contributed by atoms with E-state index in [1.54, 1.807) is 0 Å². The predicted octanol–water partition coefficient (Wildman–Crippen LogP) is 1.76. The fourth-order valence-electron chi connectivity index (χ4n) is 1.27. The molecule has 0 saturated heterocycles. The Labute approximate surface area is 87.6 Å². The van der Waals surface area contributed by atoms with Gasteiger partial charge in [-0.25, -0.2) is 0 Å². The lowest BCUT2D eigenvalue weighted by Crippen LogP contribution is -2.29. The van der Waals surface area contributed by atoms with Crippen LogP contribution in [-0.4, -0.2) is 30.4 Å². The highest BCUT2D eigenvalue weighted by molar-refractivity contribution is 5.75. The number of amides is 1. The van der Waals surface area contributed by atoms with E-state index in [9.17, 15) is 4.79 Å². The molecular formula is C11H24N2O. The van der Waals surface area contributed by atoms with E-state index in [4.69, 9.17) is 5.73 Å². The van der Waals surface area contributed by atoms with Crippen molar-refractivity contribution in [3.05, 3.63) is 0 Å². The Morgan fingerprint density at radius 1 is 1.43 bits per heavy atom. The van der Waals surface area contributed by atoms with Crippen LogP contribution in [0.4, 0.5) is 0 Å². The number of nitrogens with zero attached hydrogens (tertiary/aromatic N) is 1. The van der Waals surface area contributed by atoms with Gasteiger partial charge in [0.2, 0.25) is 5.91 Å². The van der Waals surface area contributed by atoms with E-state index in [0.29, 0.717) is 6.42 Å². The Balaban J connectivity index is 3.54. The molecule has 0 aliphatic carbocycles. The molecule has 1 amide bonds. The summed E-state index contributed by atoms with van der Waals surface area (Å²) in [5.41, 5.74) is 5.59. The maximum atomic E-state index is 11.5. The number of hydrogen-bond acceptors (Lipinski definition) is 2. The van der Waals surface area contributed by atoms with Gasteiger partial charge < -0.3 is 10.6 Å². The molecule has 1 unspecified atom stereocenters. The molecule has 84 valence electrons. The van der Waals surface area contributed by atoms with Crippen molar-refractivity contribution >= 4 is 5.91 Å². The SMILES string of the molecule is CCCCCN(C)C(=O)CCC(C)N. The molecule has 0 fully saturated rings. The average molecular weight is 200 g/mol. The predicted molar refractivity (Wildman–Crippen MR) is 60.0 cm³/mol. The molecule has 0 aliphatic rings. The van der Waals surface area contributed by atoms with Gasteiger partial charge in [-0.2, -0.15) is 0 Å². The monoisotopic (exact) mass is 200 g/mol. The van der Waals surface area contributed by atoms with Gasteiger partial charge in [0.05, 0.1) is 0 Å². The second-order valence-electron chi connectivity index (χ2n) is 4.04. The Morgan fingerprint density at radius 2 is 2.07 bits per heavy atom. The van der Waals surface area contributed by atoms with Gasteiger partial charge in [-0.05, 0) is 19.8 Å². The third-order valence-electron chi connectivity index (χ3n) is 2.34. The van der Waals surface area contributed by atoms with Crippen molar-refractivity contribution in [3.8, 4) is 0 Å². The lowest BCUT2D eigenvalue weighted by Gasteiger charge is -2.17. The molecule has 14 heavy (non-hydrogen) atoms. The lowest BCUT2D eigenvalue weighted by molar-refractivity contribution is -0.130. The molecule has 0 aliphatic heterocycles. The molecular weight excluding hydrogens is 176 g/mol. The number of unbranched alkanes of at least 4 members (excludes halogenated alkanes) is 2. The van der Waals surface area contributed by atoms with E-state index < -0.39 is 0 Å². The number of nitrogens with two attached hydrogens (primary N) is 1. The van der Waals surface area contributed by atoms with E-state index in [1.165, 1.54) is 12.8 Å². The van der Waals surface area contributed by atoms with Crippen molar-refractivity contribution in [3.63, 3.8) is 0 Å². The topological polar surface area (TPSA) is 46.3 Å². The molecule has 0 aromatic heterocycles. The lowest BCUT2D eigenvalue weighted by atomic mass is 10.2. The Hall–Kier alpha value is -0.570. The summed E-state index contributed by atoms with van der Waals surface area (Å²) in [6, 6.07) is 0.128. The van der Waals surface area contributed by atoms with Gasteiger partial charge in [-0.15, -0.1) is 0 Å². The smallest absolute Gasteiger partial charge is 0.222 e. The highest BCUT2D eigenvalue weighted by atomic mass is 16.2. The van der Waals surface area contributed by atoms with Crippen LogP contribution in [0.2, 0.25) is 0 Å². The van der Waals surface area contributed by atoms with Gasteiger partial charge in [0.25, 0.3) is 0 Å². The van der Waals surface area contributed by atoms with Gasteiger partial charge in [0.15, 0.2) is 0 Å². The second-order valence-corrected chi connectivity index (χ2v) is 4.04. The van der Waals surface area contributed by atoms with Gasteiger partial charge >= 0.3 is 0 Å². The molecule has 0 bridgehead atoms. The maximum absolute atomic E-state index is 11.5. The van der Waals surface area contributed by atoms with Crippen LogP contribution in [-0.2, 0) is 4.79 Å². The first-order valence-corrected chi connectivity index (χ1v) is 5.57.